The first kappa shape index (κ1) is 10.3. The lowest BCUT2D eigenvalue weighted by molar-refractivity contribution is 0.0640. The van der Waals surface area contributed by atoms with E-state index in [1.165, 1.54) is 0 Å². The second-order valence-corrected chi connectivity index (χ2v) is 4.58. The summed E-state index contributed by atoms with van der Waals surface area (Å²) in [6, 6.07) is 0. The van der Waals surface area contributed by atoms with Gasteiger partial charge in [0.1, 0.15) is 11.6 Å². The number of morpholine rings is 1. The van der Waals surface area contributed by atoms with Gasteiger partial charge >= 0.3 is 0 Å². The highest BCUT2D eigenvalue weighted by molar-refractivity contribution is 5.60. The van der Waals surface area contributed by atoms with Gasteiger partial charge in [0.15, 0.2) is 5.82 Å². The van der Waals surface area contributed by atoms with Crippen LogP contribution in [0.5, 0.6) is 0 Å². The van der Waals surface area contributed by atoms with E-state index in [0.29, 0.717) is 12.4 Å². The lowest BCUT2D eigenvalue weighted by Gasteiger charge is -2.42. The number of hydrogen-bond acceptors (Lipinski definition) is 4. The van der Waals surface area contributed by atoms with E-state index in [9.17, 15) is 0 Å². The zero-order valence-corrected chi connectivity index (χ0v) is 9.50. The van der Waals surface area contributed by atoms with Crippen LogP contribution in [0.1, 0.15) is 19.7 Å². The van der Waals surface area contributed by atoms with Crippen molar-refractivity contribution in [1.82, 2.24) is 9.97 Å². The summed E-state index contributed by atoms with van der Waals surface area (Å²) in [6.07, 6.45) is 0. The van der Waals surface area contributed by atoms with Gasteiger partial charge in [0.2, 0.25) is 0 Å². The molecule has 1 saturated heterocycles. The van der Waals surface area contributed by atoms with Crippen LogP contribution in [0.4, 0.5) is 11.6 Å². The molecule has 0 amide bonds. The van der Waals surface area contributed by atoms with Crippen LogP contribution in [0.2, 0.25) is 0 Å². The summed E-state index contributed by atoms with van der Waals surface area (Å²) in [6.45, 7) is 8.45. The van der Waals surface area contributed by atoms with Crippen LogP contribution in [0.3, 0.4) is 0 Å². The Kier molecular flexibility index (Phi) is 2.34. The summed E-state index contributed by atoms with van der Waals surface area (Å²) in [5, 5.41) is 0. The molecule has 1 aromatic heterocycles. The molecule has 84 valence electrons. The molecule has 1 aromatic rings. The van der Waals surface area contributed by atoms with Crippen LogP contribution in [-0.2, 0) is 4.74 Å². The van der Waals surface area contributed by atoms with E-state index in [1.54, 1.807) is 0 Å². The monoisotopic (exact) mass is 210 g/mol. The molecule has 1 aliphatic rings. The highest BCUT2D eigenvalue weighted by atomic mass is 16.5. The predicted molar refractivity (Wildman–Crippen MR) is 60.0 cm³/mol. The van der Waals surface area contributed by atoms with Crippen LogP contribution < -0.4 is 10.6 Å². The van der Waals surface area contributed by atoms with E-state index >= 15 is 0 Å². The molecule has 1 aliphatic heterocycles. The molecule has 0 unspecified atom stereocenters. The SMILES string of the molecule is Cc1nc(N2CCOCC2(C)C)c(N)[nH]1. The van der Waals surface area contributed by atoms with Crippen molar-refractivity contribution in [3.8, 4) is 0 Å². The van der Waals surface area contributed by atoms with Gasteiger partial charge in [0.05, 0.1) is 18.8 Å². The Balaban J connectivity index is 2.32. The predicted octanol–water partition coefficient (Wildman–Crippen LogP) is 0.916. The zero-order chi connectivity index (χ0) is 11.1. The lowest BCUT2D eigenvalue weighted by atomic mass is 10.0. The third-order valence-electron chi connectivity index (χ3n) is 2.73. The molecule has 3 N–H and O–H groups in total. The Bertz CT molecular complexity index is 358. The Morgan fingerprint density at radius 1 is 1.53 bits per heavy atom. The third kappa shape index (κ3) is 1.79. The van der Waals surface area contributed by atoms with E-state index in [4.69, 9.17) is 10.5 Å². The minimum absolute atomic E-state index is 0.0476. The molecule has 0 atom stereocenters. The van der Waals surface area contributed by atoms with Gasteiger partial charge in [-0.15, -0.1) is 0 Å². The number of ether oxygens (including phenoxy) is 1. The number of H-pyrrole nitrogens is 1. The number of aryl methyl sites for hydroxylation is 1. The van der Waals surface area contributed by atoms with Crippen LogP contribution in [0.15, 0.2) is 0 Å². The Morgan fingerprint density at radius 2 is 2.27 bits per heavy atom. The van der Waals surface area contributed by atoms with Crippen LogP contribution in [0.25, 0.3) is 0 Å². The Morgan fingerprint density at radius 3 is 2.80 bits per heavy atom. The molecule has 15 heavy (non-hydrogen) atoms. The number of imidazole rings is 1. The number of hydrogen-bond donors (Lipinski definition) is 2. The van der Waals surface area contributed by atoms with Crippen molar-refractivity contribution in [2.75, 3.05) is 30.4 Å². The van der Waals surface area contributed by atoms with Gasteiger partial charge in [-0.05, 0) is 20.8 Å². The molecular weight excluding hydrogens is 192 g/mol. The molecule has 0 spiro atoms. The standard InChI is InChI=1S/C10H18N4O/c1-7-12-8(11)9(13-7)14-4-5-15-6-10(14,2)3/h4-6,11H2,1-3H3,(H,12,13). The lowest BCUT2D eigenvalue weighted by Crippen LogP contribution is -2.53. The molecule has 0 radical (unpaired) electrons. The van der Waals surface area contributed by atoms with Gasteiger partial charge in [0.25, 0.3) is 0 Å². The average Bonchev–Trinajstić information content (AvgIpc) is 2.44. The van der Waals surface area contributed by atoms with Gasteiger partial charge in [-0.1, -0.05) is 0 Å². The maximum atomic E-state index is 5.89. The number of nitrogens with one attached hydrogen (secondary N) is 1. The Hall–Kier alpha value is -1.23. The van der Waals surface area contributed by atoms with Crippen molar-refractivity contribution in [3.05, 3.63) is 5.82 Å². The topological polar surface area (TPSA) is 67.2 Å². The molecule has 5 nitrogen and oxygen atoms in total. The summed E-state index contributed by atoms with van der Waals surface area (Å²) in [5.74, 6) is 2.34. The number of aromatic nitrogens is 2. The summed E-state index contributed by atoms with van der Waals surface area (Å²) in [7, 11) is 0. The maximum Gasteiger partial charge on any atom is 0.171 e. The minimum atomic E-state index is -0.0476. The second kappa shape index (κ2) is 3.41. The van der Waals surface area contributed by atoms with Crippen molar-refractivity contribution >= 4 is 11.6 Å². The van der Waals surface area contributed by atoms with Crippen molar-refractivity contribution in [1.29, 1.82) is 0 Å². The fourth-order valence-electron chi connectivity index (χ4n) is 1.95. The maximum absolute atomic E-state index is 5.89. The molecule has 0 saturated carbocycles. The molecular formula is C10H18N4O. The van der Waals surface area contributed by atoms with Gasteiger partial charge < -0.3 is 20.4 Å². The molecule has 0 aliphatic carbocycles. The van der Waals surface area contributed by atoms with Crippen molar-refractivity contribution in [3.63, 3.8) is 0 Å². The van der Waals surface area contributed by atoms with E-state index in [1.807, 2.05) is 6.92 Å². The normalized spacial score (nSPS) is 20.6. The van der Waals surface area contributed by atoms with E-state index in [0.717, 1.165) is 24.8 Å². The van der Waals surface area contributed by atoms with Gasteiger partial charge in [-0.2, -0.15) is 0 Å². The fourth-order valence-corrected chi connectivity index (χ4v) is 1.95. The molecule has 5 heteroatoms. The first-order valence-corrected chi connectivity index (χ1v) is 5.18. The smallest absolute Gasteiger partial charge is 0.171 e. The average molecular weight is 210 g/mol. The van der Waals surface area contributed by atoms with Crippen LogP contribution >= 0.6 is 0 Å². The number of nitrogens with zero attached hydrogens (tertiary/aromatic N) is 2. The number of aromatic amines is 1. The van der Waals surface area contributed by atoms with Crippen molar-refractivity contribution in [2.24, 2.45) is 0 Å². The first-order chi connectivity index (χ1) is 7.00. The van der Waals surface area contributed by atoms with Gasteiger partial charge in [-0.25, -0.2) is 4.98 Å². The molecule has 2 heterocycles. The van der Waals surface area contributed by atoms with Crippen molar-refractivity contribution < 1.29 is 4.74 Å². The quantitative estimate of drug-likeness (QED) is 0.723. The van der Waals surface area contributed by atoms with Crippen LogP contribution in [0, 0.1) is 6.92 Å². The summed E-state index contributed by atoms with van der Waals surface area (Å²) in [4.78, 5) is 9.65. The Labute approximate surface area is 89.6 Å². The first-order valence-electron chi connectivity index (χ1n) is 5.18. The summed E-state index contributed by atoms with van der Waals surface area (Å²) < 4.78 is 5.46. The van der Waals surface area contributed by atoms with Gasteiger partial charge in [0, 0.05) is 6.54 Å². The molecule has 2 rings (SSSR count). The molecule has 1 fully saturated rings. The van der Waals surface area contributed by atoms with Crippen LogP contribution in [-0.4, -0.2) is 35.3 Å². The molecule has 0 bridgehead atoms. The number of anilines is 2. The minimum Gasteiger partial charge on any atom is -0.382 e. The highest BCUT2D eigenvalue weighted by Crippen LogP contribution is 2.29. The third-order valence-corrected chi connectivity index (χ3v) is 2.73. The highest BCUT2D eigenvalue weighted by Gasteiger charge is 2.33. The number of nitrogens with two attached hydrogens (primary N) is 1. The van der Waals surface area contributed by atoms with Gasteiger partial charge in [-0.3, -0.25) is 0 Å². The number of nitrogen functional groups attached to an aromatic ring is 1. The zero-order valence-electron chi connectivity index (χ0n) is 9.50. The van der Waals surface area contributed by atoms with Crippen molar-refractivity contribution in [2.45, 2.75) is 26.3 Å². The molecule has 0 aromatic carbocycles. The largest absolute Gasteiger partial charge is 0.382 e. The van der Waals surface area contributed by atoms with E-state index in [2.05, 4.69) is 28.7 Å². The summed E-state index contributed by atoms with van der Waals surface area (Å²) >= 11 is 0. The van der Waals surface area contributed by atoms with E-state index < -0.39 is 0 Å². The number of rotatable bonds is 1. The second-order valence-electron chi connectivity index (χ2n) is 4.58. The fraction of sp³-hybridized carbons (Fsp3) is 0.700. The summed E-state index contributed by atoms with van der Waals surface area (Å²) in [5.41, 5.74) is 5.85. The van der Waals surface area contributed by atoms with E-state index in [-0.39, 0.29) is 5.54 Å².